The fraction of sp³-hybridized carbons (Fsp3) is 0.500. The molecule has 0 bridgehead atoms. The summed E-state index contributed by atoms with van der Waals surface area (Å²) >= 11 is 6.06. The summed E-state index contributed by atoms with van der Waals surface area (Å²) in [7, 11) is 0. The van der Waals surface area contributed by atoms with Crippen molar-refractivity contribution >= 4 is 17.5 Å². The molecule has 0 atom stereocenters. The molecule has 0 saturated carbocycles. The third kappa shape index (κ3) is 4.60. The summed E-state index contributed by atoms with van der Waals surface area (Å²) in [4.78, 5) is 14.9. The fourth-order valence-corrected chi connectivity index (χ4v) is 3.32. The molecule has 1 saturated heterocycles. The van der Waals surface area contributed by atoms with E-state index in [0.29, 0.717) is 23.7 Å². The molecule has 1 amide bonds. The first kappa shape index (κ1) is 18.8. The van der Waals surface area contributed by atoms with E-state index in [2.05, 4.69) is 25.8 Å². The molecule has 1 aliphatic rings. The van der Waals surface area contributed by atoms with E-state index in [9.17, 15) is 4.79 Å². The molecule has 0 unspecified atom stereocenters. The number of nitrogens with one attached hydrogen (secondary N) is 2. The number of piperazine rings is 1. The Kier molecular flexibility index (Phi) is 6.60. The van der Waals surface area contributed by atoms with Gasteiger partial charge in [-0.3, -0.25) is 4.79 Å². The Morgan fingerprint density at radius 1 is 1.35 bits per heavy atom. The van der Waals surface area contributed by atoms with Crippen LogP contribution in [0.5, 0.6) is 0 Å². The number of aromatic nitrogens is 3. The Morgan fingerprint density at radius 2 is 2.15 bits per heavy atom. The van der Waals surface area contributed by atoms with Crippen molar-refractivity contribution in [2.24, 2.45) is 0 Å². The molecule has 1 aliphatic heterocycles. The van der Waals surface area contributed by atoms with Gasteiger partial charge in [-0.05, 0) is 37.6 Å². The maximum Gasteiger partial charge on any atom is 0.273 e. The predicted octanol–water partition coefficient (Wildman–Crippen LogP) is 1.51. The van der Waals surface area contributed by atoms with Crippen LogP contribution in [0.25, 0.3) is 5.69 Å². The molecule has 7 nitrogen and oxygen atoms in total. The van der Waals surface area contributed by atoms with Gasteiger partial charge >= 0.3 is 0 Å². The van der Waals surface area contributed by atoms with Gasteiger partial charge in [-0.1, -0.05) is 29.8 Å². The summed E-state index contributed by atoms with van der Waals surface area (Å²) in [6.07, 6.45) is 1.58. The number of carbonyl (C=O) groups excluding carboxylic acids is 1. The van der Waals surface area contributed by atoms with Crippen LogP contribution < -0.4 is 10.6 Å². The number of rotatable bonds is 7. The first-order chi connectivity index (χ1) is 12.7. The van der Waals surface area contributed by atoms with Crippen molar-refractivity contribution in [1.82, 2.24) is 30.5 Å². The van der Waals surface area contributed by atoms with Gasteiger partial charge in [-0.15, -0.1) is 5.10 Å². The molecule has 0 aliphatic carbocycles. The van der Waals surface area contributed by atoms with E-state index >= 15 is 0 Å². The zero-order valence-corrected chi connectivity index (χ0v) is 15.8. The van der Waals surface area contributed by atoms with Gasteiger partial charge in [0, 0.05) is 37.7 Å². The average Bonchev–Trinajstić information content (AvgIpc) is 3.10. The highest BCUT2D eigenvalue weighted by molar-refractivity contribution is 6.30. The van der Waals surface area contributed by atoms with E-state index in [0.717, 1.165) is 50.5 Å². The van der Waals surface area contributed by atoms with Crippen molar-refractivity contribution in [2.75, 3.05) is 39.3 Å². The lowest BCUT2D eigenvalue weighted by Gasteiger charge is -2.27. The van der Waals surface area contributed by atoms with E-state index in [-0.39, 0.29) is 5.91 Å². The summed E-state index contributed by atoms with van der Waals surface area (Å²) in [5.74, 6) is -0.171. The topological polar surface area (TPSA) is 75.1 Å². The molecule has 8 heteroatoms. The molecule has 3 rings (SSSR count). The molecule has 2 aromatic rings. The quantitative estimate of drug-likeness (QED) is 0.716. The molecule has 2 heterocycles. The van der Waals surface area contributed by atoms with Crippen molar-refractivity contribution in [3.63, 3.8) is 0 Å². The number of hydrogen-bond donors (Lipinski definition) is 2. The zero-order chi connectivity index (χ0) is 18.4. The van der Waals surface area contributed by atoms with Crippen LogP contribution in [-0.2, 0) is 6.42 Å². The van der Waals surface area contributed by atoms with Gasteiger partial charge in [-0.25, -0.2) is 4.68 Å². The molecule has 26 heavy (non-hydrogen) atoms. The van der Waals surface area contributed by atoms with Gasteiger partial charge in [0.2, 0.25) is 0 Å². The maximum atomic E-state index is 12.5. The highest BCUT2D eigenvalue weighted by atomic mass is 35.5. The summed E-state index contributed by atoms with van der Waals surface area (Å²) in [5.41, 5.74) is 1.97. The summed E-state index contributed by atoms with van der Waals surface area (Å²) in [6, 6.07) is 7.37. The van der Waals surface area contributed by atoms with Crippen LogP contribution >= 0.6 is 11.6 Å². The van der Waals surface area contributed by atoms with E-state index < -0.39 is 0 Å². The third-order valence-corrected chi connectivity index (χ3v) is 4.75. The molecule has 1 aromatic heterocycles. The minimum atomic E-state index is -0.171. The Balaban J connectivity index is 1.59. The summed E-state index contributed by atoms with van der Waals surface area (Å²) in [5, 5.41) is 15.2. The highest BCUT2D eigenvalue weighted by Crippen LogP contribution is 2.17. The Hall–Kier alpha value is -1.96. The van der Waals surface area contributed by atoms with Crippen LogP contribution in [0.15, 0.2) is 24.3 Å². The van der Waals surface area contributed by atoms with Crippen molar-refractivity contribution in [3.8, 4) is 5.69 Å². The number of carbonyl (C=O) groups is 1. The number of benzene rings is 1. The van der Waals surface area contributed by atoms with Gasteiger partial charge in [0.1, 0.15) is 0 Å². The third-order valence-electron chi connectivity index (χ3n) is 4.51. The number of nitrogens with zero attached hydrogens (tertiary/aromatic N) is 4. The van der Waals surface area contributed by atoms with E-state index in [1.165, 1.54) is 0 Å². The van der Waals surface area contributed by atoms with Crippen LogP contribution in [0.4, 0.5) is 0 Å². The van der Waals surface area contributed by atoms with Gasteiger partial charge in [0.15, 0.2) is 5.69 Å². The second kappa shape index (κ2) is 9.12. The molecule has 2 N–H and O–H groups in total. The highest BCUT2D eigenvalue weighted by Gasteiger charge is 2.19. The molecule has 1 fully saturated rings. The van der Waals surface area contributed by atoms with Crippen LogP contribution in [0.3, 0.4) is 0 Å². The van der Waals surface area contributed by atoms with Crippen molar-refractivity contribution in [1.29, 1.82) is 0 Å². The largest absolute Gasteiger partial charge is 0.351 e. The van der Waals surface area contributed by atoms with Gasteiger partial charge < -0.3 is 15.5 Å². The molecule has 1 aromatic carbocycles. The lowest BCUT2D eigenvalue weighted by Crippen LogP contribution is -2.44. The maximum absolute atomic E-state index is 12.5. The number of amides is 1. The minimum Gasteiger partial charge on any atom is -0.351 e. The lowest BCUT2D eigenvalue weighted by molar-refractivity contribution is 0.0945. The van der Waals surface area contributed by atoms with Crippen LogP contribution in [0.2, 0.25) is 5.02 Å². The lowest BCUT2D eigenvalue weighted by atomic mass is 10.2. The Morgan fingerprint density at radius 3 is 2.88 bits per heavy atom. The Bertz CT molecular complexity index is 741. The normalized spacial score (nSPS) is 15.2. The monoisotopic (exact) mass is 376 g/mol. The SMILES string of the molecule is CCc1c(C(=O)NCCCN2CCNCC2)nnn1-c1cccc(Cl)c1. The van der Waals surface area contributed by atoms with Gasteiger partial charge in [0.25, 0.3) is 5.91 Å². The molecular weight excluding hydrogens is 352 g/mol. The molecule has 0 radical (unpaired) electrons. The second-order valence-electron chi connectivity index (χ2n) is 6.33. The molecular formula is C18H25ClN6O. The van der Waals surface area contributed by atoms with Crippen LogP contribution in [-0.4, -0.2) is 65.1 Å². The minimum absolute atomic E-state index is 0.171. The second-order valence-corrected chi connectivity index (χ2v) is 6.77. The van der Waals surface area contributed by atoms with E-state index in [1.54, 1.807) is 10.7 Å². The van der Waals surface area contributed by atoms with E-state index in [1.807, 2.05) is 25.1 Å². The summed E-state index contributed by atoms with van der Waals surface area (Å²) < 4.78 is 1.68. The van der Waals surface area contributed by atoms with E-state index in [4.69, 9.17) is 11.6 Å². The predicted molar refractivity (Wildman–Crippen MR) is 102 cm³/mol. The van der Waals surface area contributed by atoms with Crippen molar-refractivity contribution < 1.29 is 4.79 Å². The smallest absolute Gasteiger partial charge is 0.273 e. The zero-order valence-electron chi connectivity index (χ0n) is 15.0. The van der Waals surface area contributed by atoms with Gasteiger partial charge in [0.05, 0.1) is 11.4 Å². The van der Waals surface area contributed by atoms with Crippen molar-refractivity contribution in [3.05, 3.63) is 40.7 Å². The molecule has 0 spiro atoms. The molecule has 140 valence electrons. The average molecular weight is 377 g/mol. The fourth-order valence-electron chi connectivity index (χ4n) is 3.13. The number of halogens is 1. The first-order valence-corrected chi connectivity index (χ1v) is 9.48. The number of hydrogen-bond acceptors (Lipinski definition) is 5. The Labute approximate surface area is 158 Å². The van der Waals surface area contributed by atoms with Crippen LogP contribution in [0.1, 0.15) is 29.5 Å². The summed E-state index contributed by atoms with van der Waals surface area (Å²) in [6.45, 7) is 7.84. The van der Waals surface area contributed by atoms with Crippen LogP contribution in [0, 0.1) is 0 Å². The van der Waals surface area contributed by atoms with Crippen molar-refractivity contribution in [2.45, 2.75) is 19.8 Å². The van der Waals surface area contributed by atoms with Gasteiger partial charge in [-0.2, -0.15) is 0 Å². The standard InChI is InChI=1S/C18H25ClN6O/c1-2-16-17(22-23-25(16)15-6-3-5-14(19)13-15)18(26)21-7-4-10-24-11-8-20-9-12-24/h3,5-6,13,20H,2,4,7-12H2,1H3,(H,21,26). The first-order valence-electron chi connectivity index (χ1n) is 9.11.